The molecule has 0 bridgehead atoms. The molecule has 2 N–H and O–H groups in total. The fourth-order valence-corrected chi connectivity index (χ4v) is 1.38. The molecule has 1 amide bonds. The van der Waals surface area contributed by atoms with Crippen molar-refractivity contribution in [3.8, 4) is 23.7 Å². The summed E-state index contributed by atoms with van der Waals surface area (Å²) in [6, 6.07) is 1.55. The van der Waals surface area contributed by atoms with Gasteiger partial charge in [0.15, 0.2) is 0 Å². The van der Waals surface area contributed by atoms with Gasteiger partial charge in [-0.15, -0.1) is 6.42 Å². The molecular weight excluding hydrogens is 218 g/mol. The van der Waals surface area contributed by atoms with Crippen molar-refractivity contribution in [1.82, 2.24) is 19.7 Å². The van der Waals surface area contributed by atoms with Crippen LogP contribution in [0.1, 0.15) is 10.5 Å². The molecule has 0 saturated heterocycles. The van der Waals surface area contributed by atoms with Crippen molar-refractivity contribution >= 4 is 5.91 Å². The second kappa shape index (κ2) is 4.45. The van der Waals surface area contributed by atoms with E-state index in [2.05, 4.69) is 21.0 Å². The van der Waals surface area contributed by atoms with Crippen LogP contribution in [0.3, 0.4) is 0 Å². The molecule has 0 fully saturated rings. The number of nitrogens with zero attached hydrogens (tertiary/aromatic N) is 4. The van der Waals surface area contributed by atoms with Crippen LogP contribution < -0.4 is 5.73 Å². The van der Waals surface area contributed by atoms with Gasteiger partial charge in [-0.2, -0.15) is 5.10 Å². The Balaban J connectivity index is 2.48. The summed E-state index contributed by atoms with van der Waals surface area (Å²) >= 11 is 0. The van der Waals surface area contributed by atoms with Crippen molar-refractivity contribution in [2.75, 3.05) is 0 Å². The number of carbonyl (C=O) groups is 1. The normalized spacial score (nSPS) is 9.82. The smallest absolute Gasteiger partial charge is 0.267 e. The Morgan fingerprint density at radius 1 is 1.47 bits per heavy atom. The summed E-state index contributed by atoms with van der Waals surface area (Å²) in [6.45, 7) is 0.179. The van der Waals surface area contributed by atoms with E-state index in [1.807, 2.05) is 0 Å². The second-order valence-electron chi connectivity index (χ2n) is 3.23. The zero-order valence-electron chi connectivity index (χ0n) is 8.87. The minimum absolute atomic E-state index is 0.179. The van der Waals surface area contributed by atoms with Crippen molar-refractivity contribution in [3.63, 3.8) is 0 Å². The van der Waals surface area contributed by atoms with Crippen LogP contribution in [0.2, 0.25) is 0 Å². The first kappa shape index (κ1) is 10.8. The van der Waals surface area contributed by atoms with Gasteiger partial charge in [0.05, 0.1) is 6.20 Å². The Bertz CT molecular complexity index is 582. The summed E-state index contributed by atoms with van der Waals surface area (Å²) in [5, 5.41) is 4.16. The molecule has 17 heavy (non-hydrogen) atoms. The third-order valence-electron chi connectivity index (χ3n) is 2.10. The predicted octanol–water partition coefficient (Wildman–Crippen LogP) is 0.0722. The topological polar surface area (TPSA) is 86.7 Å². The molecule has 2 aromatic rings. The summed E-state index contributed by atoms with van der Waals surface area (Å²) < 4.78 is 1.37. The lowest BCUT2D eigenvalue weighted by Crippen LogP contribution is -2.17. The quantitative estimate of drug-likeness (QED) is 0.752. The molecule has 0 aromatic carbocycles. The number of aromatic nitrogens is 4. The lowest BCUT2D eigenvalue weighted by atomic mass is 10.3. The molecule has 0 unspecified atom stereocenters. The summed E-state index contributed by atoms with van der Waals surface area (Å²) in [5.74, 6) is 1.82. The van der Waals surface area contributed by atoms with E-state index in [0.29, 0.717) is 11.4 Å². The Hall–Kier alpha value is -2.68. The Morgan fingerprint density at radius 2 is 2.29 bits per heavy atom. The number of amides is 1. The maximum atomic E-state index is 11.2. The van der Waals surface area contributed by atoms with Crippen molar-refractivity contribution in [1.29, 1.82) is 0 Å². The fourth-order valence-electron chi connectivity index (χ4n) is 1.38. The standard InChI is InChI=1S/C11H9N5O/c1-2-5-16-10(11(12)17)6-8(15-16)9-7-13-3-4-14-9/h1,3-4,6-7H,5H2,(H2,12,17). The highest BCUT2D eigenvalue weighted by Gasteiger charge is 2.13. The maximum Gasteiger partial charge on any atom is 0.267 e. The van der Waals surface area contributed by atoms with E-state index in [-0.39, 0.29) is 12.2 Å². The van der Waals surface area contributed by atoms with Crippen molar-refractivity contribution in [3.05, 3.63) is 30.4 Å². The molecule has 2 aromatic heterocycles. The molecule has 2 heterocycles. The largest absolute Gasteiger partial charge is 0.364 e. The monoisotopic (exact) mass is 227 g/mol. The Kier molecular flexibility index (Phi) is 2.83. The molecule has 0 radical (unpaired) electrons. The molecule has 0 aliphatic heterocycles. The molecule has 84 valence electrons. The number of hydrogen-bond donors (Lipinski definition) is 1. The van der Waals surface area contributed by atoms with Crippen LogP contribution in [0.4, 0.5) is 0 Å². The van der Waals surface area contributed by atoms with Gasteiger partial charge in [0.25, 0.3) is 5.91 Å². The average molecular weight is 227 g/mol. The number of nitrogens with two attached hydrogens (primary N) is 1. The summed E-state index contributed by atoms with van der Waals surface area (Å²) in [5.41, 5.74) is 6.56. The Morgan fingerprint density at radius 3 is 2.88 bits per heavy atom. The van der Waals surface area contributed by atoms with Crippen molar-refractivity contribution in [2.45, 2.75) is 6.54 Å². The van der Waals surface area contributed by atoms with E-state index in [0.717, 1.165) is 0 Å². The zero-order chi connectivity index (χ0) is 12.3. The Labute approximate surface area is 97.5 Å². The van der Waals surface area contributed by atoms with Gasteiger partial charge in [-0.05, 0) is 6.07 Å². The minimum atomic E-state index is -0.581. The lowest BCUT2D eigenvalue weighted by molar-refractivity contribution is 0.0991. The number of hydrogen-bond acceptors (Lipinski definition) is 4. The highest BCUT2D eigenvalue weighted by molar-refractivity contribution is 5.92. The van der Waals surface area contributed by atoms with Gasteiger partial charge in [0.1, 0.15) is 23.6 Å². The first-order chi connectivity index (χ1) is 8.22. The minimum Gasteiger partial charge on any atom is -0.364 e. The third-order valence-corrected chi connectivity index (χ3v) is 2.10. The van der Waals surface area contributed by atoms with Gasteiger partial charge in [-0.25, -0.2) is 4.68 Å². The number of rotatable bonds is 3. The molecule has 2 rings (SSSR count). The van der Waals surface area contributed by atoms with Crippen LogP contribution in [0.5, 0.6) is 0 Å². The first-order valence-corrected chi connectivity index (χ1v) is 4.80. The van der Waals surface area contributed by atoms with Gasteiger partial charge in [-0.1, -0.05) is 5.92 Å². The van der Waals surface area contributed by atoms with E-state index in [4.69, 9.17) is 12.2 Å². The molecule has 6 heteroatoms. The third kappa shape index (κ3) is 2.13. The molecule has 0 aliphatic rings. The van der Waals surface area contributed by atoms with Gasteiger partial charge in [0, 0.05) is 12.4 Å². The van der Waals surface area contributed by atoms with E-state index < -0.39 is 5.91 Å². The zero-order valence-corrected chi connectivity index (χ0v) is 8.87. The van der Waals surface area contributed by atoms with E-state index in [1.165, 1.54) is 4.68 Å². The molecule has 6 nitrogen and oxygen atoms in total. The predicted molar refractivity (Wildman–Crippen MR) is 60.6 cm³/mol. The second-order valence-corrected chi connectivity index (χ2v) is 3.23. The van der Waals surface area contributed by atoms with Gasteiger partial charge >= 0.3 is 0 Å². The molecule has 0 saturated carbocycles. The van der Waals surface area contributed by atoms with Crippen molar-refractivity contribution in [2.24, 2.45) is 5.73 Å². The first-order valence-electron chi connectivity index (χ1n) is 4.80. The number of primary amides is 1. The van der Waals surface area contributed by atoms with Crippen LogP contribution in [0, 0.1) is 12.3 Å². The van der Waals surface area contributed by atoms with Crippen LogP contribution in [-0.2, 0) is 6.54 Å². The van der Waals surface area contributed by atoms with Gasteiger partial charge in [0.2, 0.25) is 0 Å². The fraction of sp³-hybridized carbons (Fsp3) is 0.0909. The molecule has 0 spiro atoms. The lowest BCUT2D eigenvalue weighted by Gasteiger charge is -1.97. The van der Waals surface area contributed by atoms with E-state index in [9.17, 15) is 4.79 Å². The summed E-state index contributed by atoms with van der Waals surface area (Å²) in [4.78, 5) is 19.2. The average Bonchev–Trinajstić information content (AvgIpc) is 2.75. The SMILES string of the molecule is C#CCn1nc(-c2cnccn2)cc1C(N)=O. The highest BCUT2D eigenvalue weighted by atomic mass is 16.1. The van der Waals surface area contributed by atoms with Crippen molar-refractivity contribution < 1.29 is 4.79 Å². The number of carbonyl (C=O) groups excluding carboxylic acids is 1. The number of terminal acetylenes is 1. The van der Waals surface area contributed by atoms with Gasteiger partial charge < -0.3 is 5.73 Å². The van der Waals surface area contributed by atoms with Crippen LogP contribution in [0.15, 0.2) is 24.7 Å². The highest BCUT2D eigenvalue weighted by Crippen LogP contribution is 2.15. The maximum absolute atomic E-state index is 11.2. The molecule has 0 atom stereocenters. The molecule has 0 aliphatic carbocycles. The van der Waals surface area contributed by atoms with E-state index >= 15 is 0 Å². The van der Waals surface area contributed by atoms with Crippen LogP contribution in [-0.4, -0.2) is 25.7 Å². The summed E-state index contributed by atoms with van der Waals surface area (Å²) in [7, 11) is 0. The summed E-state index contributed by atoms with van der Waals surface area (Å²) in [6.07, 6.45) is 9.83. The van der Waals surface area contributed by atoms with E-state index in [1.54, 1.807) is 24.7 Å². The van der Waals surface area contributed by atoms with Crippen LogP contribution in [0.25, 0.3) is 11.4 Å². The van der Waals surface area contributed by atoms with Gasteiger partial charge in [-0.3, -0.25) is 14.8 Å². The molecular formula is C11H9N5O. The van der Waals surface area contributed by atoms with Crippen LogP contribution >= 0.6 is 0 Å².